The largest absolute Gasteiger partial charge is 0.198 e. The summed E-state index contributed by atoms with van der Waals surface area (Å²) in [5, 5.41) is 10.4. The van der Waals surface area contributed by atoms with Gasteiger partial charge < -0.3 is 0 Å². The number of nitrogens with zero attached hydrogens (tertiary/aromatic N) is 1. The first kappa shape index (κ1) is 14.5. The molecular formula is C14H7Cl4N. The Labute approximate surface area is 131 Å². The van der Waals surface area contributed by atoms with E-state index in [0.29, 0.717) is 20.1 Å². The van der Waals surface area contributed by atoms with Gasteiger partial charge in [-0.05, 0) is 29.3 Å². The molecule has 0 spiro atoms. The highest BCUT2D eigenvalue weighted by Gasteiger charge is 2.13. The maximum Gasteiger partial charge on any atom is 0.0778 e. The second kappa shape index (κ2) is 6.03. The van der Waals surface area contributed by atoms with Crippen molar-refractivity contribution in [3.8, 4) is 17.2 Å². The third kappa shape index (κ3) is 2.99. The topological polar surface area (TPSA) is 23.8 Å². The summed E-state index contributed by atoms with van der Waals surface area (Å²) in [6.07, 6.45) is 0.258. The van der Waals surface area contributed by atoms with E-state index in [2.05, 4.69) is 6.07 Å². The molecule has 0 amide bonds. The molecule has 0 saturated heterocycles. The van der Waals surface area contributed by atoms with E-state index in [1.807, 2.05) is 6.07 Å². The van der Waals surface area contributed by atoms with Crippen LogP contribution in [0, 0.1) is 11.3 Å². The molecule has 0 aliphatic heterocycles. The lowest BCUT2D eigenvalue weighted by Crippen LogP contribution is -1.90. The molecule has 0 bridgehead atoms. The van der Waals surface area contributed by atoms with Gasteiger partial charge in [0.15, 0.2) is 0 Å². The Bertz CT molecular complexity index is 651. The van der Waals surface area contributed by atoms with Crippen molar-refractivity contribution in [1.29, 1.82) is 5.26 Å². The fourth-order valence-corrected chi connectivity index (χ4v) is 2.72. The number of hydrogen-bond donors (Lipinski definition) is 0. The molecule has 96 valence electrons. The van der Waals surface area contributed by atoms with Gasteiger partial charge in [-0.3, -0.25) is 0 Å². The van der Waals surface area contributed by atoms with E-state index < -0.39 is 0 Å². The van der Waals surface area contributed by atoms with Crippen LogP contribution in [0.4, 0.5) is 0 Å². The minimum absolute atomic E-state index is 0.258. The van der Waals surface area contributed by atoms with Crippen molar-refractivity contribution in [3.63, 3.8) is 0 Å². The number of halogens is 4. The van der Waals surface area contributed by atoms with Gasteiger partial charge in [-0.15, -0.1) is 0 Å². The first-order chi connectivity index (χ1) is 9.04. The van der Waals surface area contributed by atoms with E-state index in [4.69, 9.17) is 51.7 Å². The van der Waals surface area contributed by atoms with Crippen molar-refractivity contribution >= 4 is 46.4 Å². The SMILES string of the molecule is N#CCc1cccc(Cl)c1-c1cc(Cl)c(Cl)c(Cl)c1. The third-order valence-corrected chi connectivity index (χ3v) is 4.15. The molecule has 0 N–H and O–H groups in total. The van der Waals surface area contributed by atoms with Gasteiger partial charge >= 0.3 is 0 Å². The van der Waals surface area contributed by atoms with Gasteiger partial charge in [-0.1, -0.05) is 58.5 Å². The molecule has 2 aromatic rings. The molecule has 0 radical (unpaired) electrons. The van der Waals surface area contributed by atoms with Crippen molar-refractivity contribution < 1.29 is 0 Å². The number of nitriles is 1. The van der Waals surface area contributed by atoms with Crippen LogP contribution in [-0.4, -0.2) is 0 Å². The van der Waals surface area contributed by atoms with E-state index in [9.17, 15) is 0 Å². The maximum atomic E-state index is 8.87. The van der Waals surface area contributed by atoms with Crippen LogP contribution in [0.2, 0.25) is 20.1 Å². The van der Waals surface area contributed by atoms with Crippen LogP contribution in [0.3, 0.4) is 0 Å². The lowest BCUT2D eigenvalue weighted by atomic mass is 9.98. The average molecular weight is 331 g/mol. The minimum Gasteiger partial charge on any atom is -0.198 e. The van der Waals surface area contributed by atoms with Crippen molar-refractivity contribution in [1.82, 2.24) is 0 Å². The van der Waals surface area contributed by atoms with Gasteiger partial charge in [0.1, 0.15) is 0 Å². The van der Waals surface area contributed by atoms with Crippen LogP contribution in [0.25, 0.3) is 11.1 Å². The first-order valence-electron chi connectivity index (χ1n) is 5.34. The molecule has 0 fully saturated rings. The Morgan fingerprint density at radius 2 is 1.58 bits per heavy atom. The monoisotopic (exact) mass is 329 g/mol. The van der Waals surface area contributed by atoms with E-state index in [-0.39, 0.29) is 6.42 Å². The lowest BCUT2D eigenvalue weighted by molar-refractivity contribution is 1.26. The summed E-state index contributed by atoms with van der Waals surface area (Å²) in [5.41, 5.74) is 2.32. The number of rotatable bonds is 2. The molecule has 2 rings (SSSR count). The first-order valence-corrected chi connectivity index (χ1v) is 6.85. The van der Waals surface area contributed by atoms with Gasteiger partial charge in [0.05, 0.1) is 27.6 Å². The molecule has 0 aliphatic carbocycles. The van der Waals surface area contributed by atoms with Crippen LogP contribution in [0.5, 0.6) is 0 Å². The van der Waals surface area contributed by atoms with Gasteiger partial charge in [-0.2, -0.15) is 5.26 Å². The van der Waals surface area contributed by atoms with Crippen LogP contribution >= 0.6 is 46.4 Å². The fraction of sp³-hybridized carbons (Fsp3) is 0.0714. The third-order valence-electron chi connectivity index (χ3n) is 2.64. The molecule has 2 aromatic carbocycles. The van der Waals surface area contributed by atoms with Crippen molar-refractivity contribution in [2.45, 2.75) is 6.42 Å². The van der Waals surface area contributed by atoms with E-state index in [1.165, 1.54) is 0 Å². The van der Waals surface area contributed by atoms with Crippen LogP contribution in [0.15, 0.2) is 30.3 Å². The summed E-state index contributed by atoms with van der Waals surface area (Å²) in [4.78, 5) is 0. The predicted octanol–water partition coefficient (Wildman–Crippen LogP) is 6.03. The zero-order valence-corrected chi connectivity index (χ0v) is 12.6. The maximum absolute atomic E-state index is 8.87. The van der Waals surface area contributed by atoms with Crippen LogP contribution in [0.1, 0.15) is 5.56 Å². The second-order valence-corrected chi connectivity index (χ2v) is 5.46. The summed E-state index contributed by atoms with van der Waals surface area (Å²) in [6.45, 7) is 0. The molecule has 0 aromatic heterocycles. The number of benzene rings is 2. The minimum atomic E-state index is 0.258. The molecule has 0 aliphatic rings. The zero-order valence-electron chi connectivity index (χ0n) is 9.55. The van der Waals surface area contributed by atoms with Gasteiger partial charge in [0.2, 0.25) is 0 Å². The van der Waals surface area contributed by atoms with E-state index in [0.717, 1.165) is 16.7 Å². The smallest absolute Gasteiger partial charge is 0.0778 e. The predicted molar refractivity (Wildman–Crippen MR) is 81.2 cm³/mol. The summed E-state index contributed by atoms with van der Waals surface area (Å²) >= 11 is 24.2. The highest BCUT2D eigenvalue weighted by molar-refractivity contribution is 6.48. The summed E-state index contributed by atoms with van der Waals surface area (Å²) in [7, 11) is 0. The van der Waals surface area contributed by atoms with Crippen molar-refractivity contribution in [2.75, 3.05) is 0 Å². The summed E-state index contributed by atoms with van der Waals surface area (Å²) in [6, 6.07) is 10.9. The van der Waals surface area contributed by atoms with Gasteiger partial charge in [0.25, 0.3) is 0 Å². The summed E-state index contributed by atoms with van der Waals surface area (Å²) in [5.74, 6) is 0. The Morgan fingerprint density at radius 1 is 0.947 bits per heavy atom. The van der Waals surface area contributed by atoms with Gasteiger partial charge in [0, 0.05) is 10.6 Å². The van der Waals surface area contributed by atoms with Crippen molar-refractivity contribution in [2.24, 2.45) is 0 Å². The highest BCUT2D eigenvalue weighted by atomic mass is 35.5. The van der Waals surface area contributed by atoms with E-state index in [1.54, 1.807) is 24.3 Å². The lowest BCUT2D eigenvalue weighted by Gasteiger charge is -2.11. The van der Waals surface area contributed by atoms with E-state index >= 15 is 0 Å². The molecule has 1 nitrogen and oxygen atoms in total. The number of hydrogen-bond acceptors (Lipinski definition) is 1. The standard InChI is InChI=1S/C14H7Cl4N/c15-10-3-1-2-8(4-5-19)13(10)9-6-11(16)14(18)12(17)7-9/h1-3,6-7H,4H2. The Kier molecular flexibility index (Phi) is 4.60. The molecule has 0 heterocycles. The second-order valence-electron chi connectivity index (χ2n) is 3.86. The normalized spacial score (nSPS) is 10.3. The Balaban J connectivity index is 2.68. The molecule has 0 unspecified atom stereocenters. The van der Waals surface area contributed by atoms with Crippen molar-refractivity contribution in [3.05, 3.63) is 56.0 Å². The molecule has 0 atom stereocenters. The molecule has 0 saturated carbocycles. The Morgan fingerprint density at radius 3 is 2.16 bits per heavy atom. The average Bonchev–Trinajstić information content (AvgIpc) is 2.36. The highest BCUT2D eigenvalue weighted by Crippen LogP contribution is 2.38. The fourth-order valence-electron chi connectivity index (χ4n) is 1.82. The quantitative estimate of drug-likeness (QED) is 0.616. The zero-order chi connectivity index (χ0) is 14.0. The Hall–Kier alpha value is -0.910. The summed E-state index contributed by atoms with van der Waals surface area (Å²) < 4.78 is 0. The van der Waals surface area contributed by atoms with Crippen LogP contribution < -0.4 is 0 Å². The molecule has 5 heteroatoms. The van der Waals surface area contributed by atoms with Gasteiger partial charge in [-0.25, -0.2) is 0 Å². The van der Waals surface area contributed by atoms with Crippen LogP contribution in [-0.2, 0) is 6.42 Å². The molecular weight excluding hydrogens is 324 g/mol. The molecule has 19 heavy (non-hydrogen) atoms.